The third-order valence-corrected chi connectivity index (χ3v) is 7.96. The summed E-state index contributed by atoms with van der Waals surface area (Å²) in [5, 5.41) is 0. The molecule has 0 radical (unpaired) electrons. The van der Waals surface area contributed by atoms with Gasteiger partial charge in [-0.15, -0.1) is 0 Å². The van der Waals surface area contributed by atoms with Crippen molar-refractivity contribution in [3.05, 3.63) is 36.4 Å². The van der Waals surface area contributed by atoms with Gasteiger partial charge in [-0.25, -0.2) is 0 Å². The number of hydrogen-bond donors (Lipinski definition) is 0. The van der Waals surface area contributed by atoms with Crippen molar-refractivity contribution in [1.29, 1.82) is 0 Å². The fourth-order valence-electron chi connectivity index (χ4n) is 4.37. The van der Waals surface area contributed by atoms with Crippen LogP contribution in [0.15, 0.2) is 36.4 Å². The summed E-state index contributed by atoms with van der Waals surface area (Å²) in [6.45, 7) is 20.5. The zero-order chi connectivity index (χ0) is 26.7. The summed E-state index contributed by atoms with van der Waals surface area (Å²) in [5.74, 6) is 1.50. The standard InChI is InChI=1S/C28H40B2O6/c1-18(2)32-20-13-15-22(24(17-20)30-35-27(7,8)28(9,10)36-30)21-14-12-19(31-11)16-23(21)29-33-25(3,4)26(5,6)34-29/h12-18H,1-11H3. The van der Waals surface area contributed by atoms with Crippen LogP contribution in [0, 0.1) is 0 Å². The van der Waals surface area contributed by atoms with Crippen molar-refractivity contribution < 1.29 is 28.1 Å². The van der Waals surface area contributed by atoms with Crippen LogP contribution in [0.5, 0.6) is 11.5 Å². The monoisotopic (exact) mass is 494 g/mol. The molecule has 2 aliphatic rings. The number of hydrogen-bond acceptors (Lipinski definition) is 6. The molecule has 194 valence electrons. The molecule has 0 amide bonds. The first kappa shape index (κ1) is 27.1. The largest absolute Gasteiger partial charge is 0.497 e. The molecule has 2 aromatic carbocycles. The minimum Gasteiger partial charge on any atom is -0.497 e. The summed E-state index contributed by atoms with van der Waals surface area (Å²) >= 11 is 0. The summed E-state index contributed by atoms with van der Waals surface area (Å²) in [4.78, 5) is 0. The lowest BCUT2D eigenvalue weighted by Crippen LogP contribution is -2.41. The van der Waals surface area contributed by atoms with E-state index in [9.17, 15) is 0 Å². The molecule has 2 fully saturated rings. The van der Waals surface area contributed by atoms with E-state index in [1.54, 1.807) is 7.11 Å². The van der Waals surface area contributed by atoms with Crippen molar-refractivity contribution in [2.75, 3.05) is 7.11 Å². The number of methoxy groups -OCH3 is 1. The fourth-order valence-corrected chi connectivity index (χ4v) is 4.37. The molecule has 0 atom stereocenters. The van der Waals surface area contributed by atoms with Gasteiger partial charge in [0.2, 0.25) is 0 Å². The Bertz CT molecular complexity index is 1090. The van der Waals surface area contributed by atoms with Gasteiger partial charge in [0.15, 0.2) is 0 Å². The fraction of sp³-hybridized carbons (Fsp3) is 0.571. The predicted octanol–water partition coefficient (Wildman–Crippen LogP) is 4.75. The second-order valence-corrected chi connectivity index (χ2v) is 12.0. The van der Waals surface area contributed by atoms with Crippen LogP contribution in [0.4, 0.5) is 0 Å². The van der Waals surface area contributed by atoms with E-state index in [1.165, 1.54) is 0 Å². The summed E-state index contributed by atoms with van der Waals surface area (Å²) in [6, 6.07) is 12.1. The molecule has 8 heteroatoms. The van der Waals surface area contributed by atoms with Crippen molar-refractivity contribution in [3.63, 3.8) is 0 Å². The Labute approximate surface area is 217 Å². The van der Waals surface area contributed by atoms with Gasteiger partial charge in [0, 0.05) is 0 Å². The Morgan fingerprint density at radius 1 is 0.611 bits per heavy atom. The second-order valence-electron chi connectivity index (χ2n) is 12.0. The Morgan fingerprint density at radius 3 is 1.33 bits per heavy atom. The summed E-state index contributed by atoms with van der Waals surface area (Å²) in [5.41, 5.74) is 1.84. The maximum absolute atomic E-state index is 6.48. The normalized spacial score (nSPS) is 21.8. The number of ether oxygens (including phenoxy) is 2. The Balaban J connectivity index is 1.87. The predicted molar refractivity (Wildman–Crippen MR) is 146 cm³/mol. The molecule has 0 spiro atoms. The topological polar surface area (TPSA) is 55.4 Å². The van der Waals surface area contributed by atoms with Gasteiger partial charge in [-0.1, -0.05) is 12.1 Å². The summed E-state index contributed by atoms with van der Waals surface area (Å²) in [6.07, 6.45) is 0.0447. The smallest absolute Gasteiger partial charge is 0.495 e. The van der Waals surface area contributed by atoms with Crippen molar-refractivity contribution in [3.8, 4) is 22.6 Å². The van der Waals surface area contributed by atoms with E-state index in [-0.39, 0.29) is 6.10 Å². The number of rotatable bonds is 6. The van der Waals surface area contributed by atoms with E-state index >= 15 is 0 Å². The highest BCUT2D eigenvalue weighted by molar-refractivity contribution is 6.66. The molecule has 0 saturated carbocycles. The molecule has 0 unspecified atom stereocenters. The zero-order valence-corrected chi connectivity index (χ0v) is 23.6. The molecule has 0 N–H and O–H groups in total. The lowest BCUT2D eigenvalue weighted by atomic mass is 9.69. The lowest BCUT2D eigenvalue weighted by molar-refractivity contribution is 0.00578. The molecule has 2 saturated heterocycles. The third-order valence-electron chi connectivity index (χ3n) is 7.96. The van der Waals surface area contributed by atoms with Crippen LogP contribution in [0.25, 0.3) is 11.1 Å². The van der Waals surface area contributed by atoms with Crippen LogP contribution in [-0.2, 0) is 18.6 Å². The van der Waals surface area contributed by atoms with Gasteiger partial charge in [0.05, 0.1) is 35.6 Å². The minimum absolute atomic E-state index is 0.0447. The average molecular weight is 494 g/mol. The molecule has 2 heterocycles. The quantitative estimate of drug-likeness (QED) is 0.541. The third kappa shape index (κ3) is 4.81. The Morgan fingerprint density at radius 2 is 0.972 bits per heavy atom. The van der Waals surface area contributed by atoms with E-state index in [1.807, 2.05) is 44.2 Å². The van der Waals surface area contributed by atoms with E-state index in [2.05, 4.69) is 61.5 Å². The zero-order valence-electron chi connectivity index (χ0n) is 23.6. The summed E-state index contributed by atoms with van der Waals surface area (Å²) < 4.78 is 37.5. The van der Waals surface area contributed by atoms with Crippen LogP contribution in [0.3, 0.4) is 0 Å². The van der Waals surface area contributed by atoms with E-state index in [0.29, 0.717) is 0 Å². The van der Waals surface area contributed by atoms with Crippen LogP contribution in [0.1, 0.15) is 69.2 Å². The second kappa shape index (κ2) is 9.09. The first-order valence-electron chi connectivity index (χ1n) is 12.8. The molecule has 4 rings (SSSR count). The van der Waals surface area contributed by atoms with Gasteiger partial charge in [-0.3, -0.25) is 0 Å². The van der Waals surface area contributed by atoms with Gasteiger partial charge in [-0.05, 0) is 116 Å². The van der Waals surface area contributed by atoms with Gasteiger partial charge >= 0.3 is 14.2 Å². The highest BCUT2D eigenvalue weighted by Crippen LogP contribution is 2.40. The van der Waals surface area contributed by atoms with Crippen molar-refractivity contribution in [1.82, 2.24) is 0 Å². The lowest BCUT2D eigenvalue weighted by Gasteiger charge is -2.32. The van der Waals surface area contributed by atoms with E-state index in [4.69, 9.17) is 28.1 Å². The summed E-state index contributed by atoms with van der Waals surface area (Å²) in [7, 11) is 0.545. The van der Waals surface area contributed by atoms with Crippen LogP contribution in [-0.4, -0.2) is 49.9 Å². The minimum atomic E-state index is -0.561. The molecule has 0 aliphatic carbocycles. The average Bonchev–Trinajstić information content (AvgIpc) is 3.12. The maximum atomic E-state index is 6.48. The van der Waals surface area contributed by atoms with Gasteiger partial charge < -0.3 is 28.1 Å². The molecule has 0 aromatic heterocycles. The maximum Gasteiger partial charge on any atom is 0.495 e. The van der Waals surface area contributed by atoms with Crippen molar-refractivity contribution in [2.45, 2.75) is 97.7 Å². The van der Waals surface area contributed by atoms with Crippen molar-refractivity contribution in [2.24, 2.45) is 0 Å². The van der Waals surface area contributed by atoms with Gasteiger partial charge in [0.25, 0.3) is 0 Å². The molecule has 0 bridgehead atoms. The molecule has 2 aliphatic heterocycles. The van der Waals surface area contributed by atoms with E-state index in [0.717, 1.165) is 33.6 Å². The first-order chi connectivity index (χ1) is 16.6. The van der Waals surface area contributed by atoms with Gasteiger partial charge in [-0.2, -0.15) is 0 Å². The highest BCUT2D eigenvalue weighted by atomic mass is 16.7. The van der Waals surface area contributed by atoms with Crippen LogP contribution < -0.4 is 20.4 Å². The van der Waals surface area contributed by atoms with Crippen LogP contribution in [0.2, 0.25) is 0 Å². The van der Waals surface area contributed by atoms with E-state index < -0.39 is 36.6 Å². The SMILES string of the molecule is COc1ccc(-c2ccc(OC(C)C)cc2B2OC(C)(C)C(C)(C)O2)c(B2OC(C)(C)C(C)(C)O2)c1. The van der Waals surface area contributed by atoms with Crippen LogP contribution >= 0.6 is 0 Å². The van der Waals surface area contributed by atoms with Crippen molar-refractivity contribution >= 4 is 25.2 Å². The molecule has 36 heavy (non-hydrogen) atoms. The molecule has 2 aromatic rings. The molecular weight excluding hydrogens is 454 g/mol. The molecule has 6 nitrogen and oxygen atoms in total. The van der Waals surface area contributed by atoms with Gasteiger partial charge in [0.1, 0.15) is 11.5 Å². The highest BCUT2D eigenvalue weighted by Gasteiger charge is 2.54. The first-order valence-corrected chi connectivity index (χ1v) is 12.8. The Kier molecular flexibility index (Phi) is 6.83. The Hall–Kier alpha value is -1.99. The molecular formula is C28H40B2O6. The number of benzene rings is 2.